The van der Waals surface area contributed by atoms with E-state index < -0.39 is 18.1 Å². The van der Waals surface area contributed by atoms with Gasteiger partial charge in [0.1, 0.15) is 5.69 Å². The summed E-state index contributed by atoms with van der Waals surface area (Å²) in [5.74, 6) is -0.604. The van der Waals surface area contributed by atoms with Gasteiger partial charge in [-0.2, -0.15) is 0 Å². The first-order chi connectivity index (χ1) is 7.47. The van der Waals surface area contributed by atoms with Gasteiger partial charge in [-0.15, -0.1) is 0 Å². The third-order valence-electron chi connectivity index (χ3n) is 1.93. The van der Waals surface area contributed by atoms with Crippen LogP contribution in [0.3, 0.4) is 0 Å². The number of rotatable bonds is 3. The van der Waals surface area contributed by atoms with Crippen LogP contribution in [-0.2, 0) is 16.0 Å². The maximum atomic E-state index is 12.6. The molecule has 1 heterocycles. The van der Waals surface area contributed by atoms with E-state index >= 15 is 0 Å². The van der Waals surface area contributed by atoms with Crippen molar-refractivity contribution >= 4 is 34.2 Å². The van der Waals surface area contributed by atoms with E-state index in [2.05, 4.69) is 9.72 Å². The van der Waals surface area contributed by atoms with Crippen molar-refractivity contribution in [2.45, 2.75) is 12.8 Å². The van der Waals surface area contributed by atoms with Crippen LogP contribution in [0.5, 0.6) is 0 Å². The SMILES string of the molecule is COC(=O)Cc1c(C(F)F)ncc(N)c1I. The van der Waals surface area contributed by atoms with Gasteiger partial charge < -0.3 is 10.5 Å². The first-order valence-electron chi connectivity index (χ1n) is 4.25. The Morgan fingerprint density at radius 3 is 2.81 bits per heavy atom. The summed E-state index contributed by atoms with van der Waals surface area (Å²) in [4.78, 5) is 14.6. The van der Waals surface area contributed by atoms with Crippen molar-refractivity contribution in [3.05, 3.63) is 21.0 Å². The summed E-state index contributed by atoms with van der Waals surface area (Å²) < 4.78 is 30.1. The van der Waals surface area contributed by atoms with Crippen LogP contribution in [0.1, 0.15) is 17.7 Å². The number of ether oxygens (including phenoxy) is 1. The number of nitrogen functional groups attached to an aromatic ring is 1. The highest BCUT2D eigenvalue weighted by molar-refractivity contribution is 14.1. The molecule has 0 radical (unpaired) electrons. The van der Waals surface area contributed by atoms with Crippen molar-refractivity contribution in [3.63, 3.8) is 0 Å². The third kappa shape index (κ3) is 2.77. The van der Waals surface area contributed by atoms with E-state index in [1.165, 1.54) is 7.11 Å². The van der Waals surface area contributed by atoms with Gasteiger partial charge in [-0.1, -0.05) is 0 Å². The van der Waals surface area contributed by atoms with E-state index in [9.17, 15) is 13.6 Å². The van der Waals surface area contributed by atoms with E-state index in [1.807, 2.05) is 22.6 Å². The molecule has 88 valence electrons. The van der Waals surface area contributed by atoms with Crippen molar-refractivity contribution in [3.8, 4) is 0 Å². The Kier molecular flexibility index (Phi) is 4.39. The number of alkyl halides is 2. The van der Waals surface area contributed by atoms with Gasteiger partial charge in [0.25, 0.3) is 6.43 Å². The lowest BCUT2D eigenvalue weighted by molar-refractivity contribution is -0.139. The van der Waals surface area contributed by atoms with Crippen LogP contribution >= 0.6 is 22.6 Å². The molecular formula is C9H9F2IN2O2. The summed E-state index contributed by atoms with van der Waals surface area (Å²) in [6, 6.07) is 0. The largest absolute Gasteiger partial charge is 0.469 e. The fourth-order valence-electron chi connectivity index (χ4n) is 1.13. The van der Waals surface area contributed by atoms with Gasteiger partial charge in [-0.05, 0) is 22.6 Å². The highest BCUT2D eigenvalue weighted by atomic mass is 127. The standard InChI is InChI=1S/C9H9F2IN2O2/c1-16-6(15)2-4-7(12)5(13)3-14-8(4)9(10)11/h3,9H,2,13H2,1H3. The second kappa shape index (κ2) is 5.37. The molecule has 4 nitrogen and oxygen atoms in total. The van der Waals surface area contributed by atoms with Crippen LogP contribution < -0.4 is 5.73 Å². The van der Waals surface area contributed by atoms with Crippen LogP contribution in [0.4, 0.5) is 14.5 Å². The molecule has 0 aromatic carbocycles. The average Bonchev–Trinajstić information content (AvgIpc) is 2.24. The molecule has 0 fully saturated rings. The molecule has 0 aliphatic carbocycles. The number of halogens is 3. The summed E-state index contributed by atoms with van der Waals surface area (Å²) in [7, 11) is 1.19. The third-order valence-corrected chi connectivity index (χ3v) is 3.20. The number of carbonyl (C=O) groups excluding carboxylic acids is 1. The Balaban J connectivity index is 3.20. The van der Waals surface area contributed by atoms with Crippen molar-refractivity contribution in [2.24, 2.45) is 0 Å². The fraction of sp³-hybridized carbons (Fsp3) is 0.333. The number of hydrogen-bond acceptors (Lipinski definition) is 4. The minimum atomic E-state index is -2.74. The maximum Gasteiger partial charge on any atom is 0.310 e. The molecule has 1 aromatic rings. The van der Waals surface area contributed by atoms with Crippen LogP contribution in [-0.4, -0.2) is 18.1 Å². The molecule has 1 rings (SSSR count). The van der Waals surface area contributed by atoms with E-state index in [1.54, 1.807) is 0 Å². The quantitative estimate of drug-likeness (QED) is 0.673. The number of nitrogens with zero attached hydrogens (tertiary/aromatic N) is 1. The van der Waals surface area contributed by atoms with Crippen molar-refractivity contribution in [1.82, 2.24) is 4.98 Å². The average molecular weight is 342 g/mol. The predicted molar refractivity (Wildman–Crippen MR) is 62.0 cm³/mol. The number of hydrogen-bond donors (Lipinski definition) is 1. The van der Waals surface area contributed by atoms with Crippen molar-refractivity contribution in [1.29, 1.82) is 0 Å². The molecule has 16 heavy (non-hydrogen) atoms. The van der Waals surface area contributed by atoms with Gasteiger partial charge in [0, 0.05) is 9.13 Å². The van der Waals surface area contributed by atoms with Gasteiger partial charge in [-0.3, -0.25) is 9.78 Å². The smallest absolute Gasteiger partial charge is 0.310 e. The van der Waals surface area contributed by atoms with Gasteiger partial charge in [-0.25, -0.2) is 8.78 Å². The Hall–Kier alpha value is -0.990. The first kappa shape index (κ1) is 13.1. The van der Waals surface area contributed by atoms with E-state index in [4.69, 9.17) is 5.73 Å². The van der Waals surface area contributed by atoms with Crippen LogP contribution in [0.15, 0.2) is 6.20 Å². The second-order valence-electron chi connectivity index (χ2n) is 2.94. The molecule has 0 aliphatic rings. The molecule has 0 unspecified atom stereocenters. The number of esters is 1. The molecule has 0 amide bonds. The minimum Gasteiger partial charge on any atom is -0.469 e. The molecule has 0 atom stereocenters. The molecule has 1 aromatic heterocycles. The molecule has 0 saturated carbocycles. The Morgan fingerprint density at radius 2 is 2.31 bits per heavy atom. The zero-order chi connectivity index (χ0) is 12.3. The summed E-state index contributed by atoms with van der Waals surface area (Å²) >= 11 is 1.81. The molecular weight excluding hydrogens is 333 g/mol. The van der Waals surface area contributed by atoms with Gasteiger partial charge in [0.15, 0.2) is 0 Å². The zero-order valence-corrected chi connectivity index (χ0v) is 10.5. The first-order valence-corrected chi connectivity index (χ1v) is 5.33. The van der Waals surface area contributed by atoms with Crippen LogP contribution in [0.2, 0.25) is 0 Å². The number of pyridine rings is 1. The lowest BCUT2D eigenvalue weighted by Crippen LogP contribution is -2.11. The number of nitrogens with two attached hydrogens (primary N) is 1. The predicted octanol–water partition coefficient (Wildman–Crippen LogP) is 1.92. The highest BCUT2D eigenvalue weighted by Crippen LogP contribution is 2.28. The lowest BCUT2D eigenvalue weighted by Gasteiger charge is -2.10. The number of methoxy groups -OCH3 is 1. The highest BCUT2D eigenvalue weighted by Gasteiger charge is 2.21. The summed E-state index contributed by atoms with van der Waals surface area (Å²) in [6.07, 6.45) is -1.84. The number of anilines is 1. The summed E-state index contributed by atoms with van der Waals surface area (Å²) in [5, 5.41) is 0. The molecule has 2 N–H and O–H groups in total. The molecule has 0 bridgehead atoms. The van der Waals surface area contributed by atoms with Crippen molar-refractivity contribution in [2.75, 3.05) is 12.8 Å². The van der Waals surface area contributed by atoms with Crippen LogP contribution in [0, 0.1) is 3.57 Å². The van der Waals surface area contributed by atoms with Gasteiger partial charge in [0.05, 0.1) is 25.4 Å². The topological polar surface area (TPSA) is 65.2 Å². The van der Waals surface area contributed by atoms with Gasteiger partial charge in [0.2, 0.25) is 0 Å². The minimum absolute atomic E-state index is 0.127. The fourth-order valence-corrected chi connectivity index (χ4v) is 1.74. The lowest BCUT2D eigenvalue weighted by atomic mass is 10.1. The molecule has 0 spiro atoms. The molecule has 0 saturated heterocycles. The summed E-state index contributed by atoms with van der Waals surface area (Å²) in [6.45, 7) is 0. The number of carbonyl (C=O) groups is 1. The molecule has 7 heteroatoms. The number of aromatic nitrogens is 1. The van der Waals surface area contributed by atoms with Crippen LogP contribution in [0.25, 0.3) is 0 Å². The van der Waals surface area contributed by atoms with E-state index in [0.29, 0.717) is 3.57 Å². The Bertz CT molecular complexity index is 413. The van der Waals surface area contributed by atoms with Gasteiger partial charge >= 0.3 is 5.97 Å². The van der Waals surface area contributed by atoms with E-state index in [-0.39, 0.29) is 17.7 Å². The Labute approximate surface area is 104 Å². The molecule has 0 aliphatic heterocycles. The Morgan fingerprint density at radius 1 is 1.69 bits per heavy atom. The maximum absolute atomic E-state index is 12.6. The summed E-state index contributed by atoms with van der Waals surface area (Å²) in [5.41, 5.74) is 5.51. The monoisotopic (exact) mass is 342 g/mol. The van der Waals surface area contributed by atoms with Crippen molar-refractivity contribution < 1.29 is 18.3 Å². The normalized spacial score (nSPS) is 10.6. The van der Waals surface area contributed by atoms with E-state index in [0.717, 1.165) is 6.20 Å². The zero-order valence-electron chi connectivity index (χ0n) is 8.34. The second-order valence-corrected chi connectivity index (χ2v) is 4.02.